The zero-order valence-electron chi connectivity index (χ0n) is 20.4. The molecule has 0 aromatic heterocycles. The Hall–Kier alpha value is -4.24. The van der Waals surface area contributed by atoms with E-state index in [-0.39, 0.29) is 0 Å². The van der Waals surface area contributed by atoms with E-state index in [1.54, 1.807) is 0 Å². The second kappa shape index (κ2) is 14.2. The van der Waals surface area contributed by atoms with Gasteiger partial charge in [0, 0.05) is 0 Å². The molecule has 16 heteroatoms. The Bertz CT molecular complexity index is 764. The second-order valence-electron chi connectivity index (χ2n) is 8.03. The Morgan fingerprint density at radius 1 is 0.389 bits per heavy atom. The van der Waals surface area contributed by atoms with E-state index in [4.69, 9.17) is 0 Å². The molecule has 16 nitrogen and oxygen atoms in total. The first kappa shape index (κ1) is 29.8. The van der Waals surface area contributed by atoms with E-state index in [0.717, 1.165) is 0 Å². The molecular formula is C20H32N8O8. The summed E-state index contributed by atoms with van der Waals surface area (Å²) in [4.78, 5) is 96.4. The van der Waals surface area contributed by atoms with Gasteiger partial charge >= 0.3 is 0 Å². The van der Waals surface area contributed by atoms with Crippen molar-refractivity contribution in [3.05, 3.63) is 0 Å². The van der Waals surface area contributed by atoms with Crippen LogP contribution in [0.5, 0.6) is 0 Å². The molecule has 0 aliphatic carbocycles. The zero-order valence-corrected chi connectivity index (χ0v) is 20.4. The van der Waals surface area contributed by atoms with E-state index in [9.17, 15) is 38.4 Å². The third-order valence-electron chi connectivity index (χ3n) is 4.78. The summed E-state index contributed by atoms with van der Waals surface area (Å²) in [6, 6.07) is -4.18. The summed E-state index contributed by atoms with van der Waals surface area (Å²) in [5.74, 6) is -5.55. The third-order valence-corrected chi connectivity index (χ3v) is 4.78. The number of rotatable bonds is 0. The minimum atomic E-state index is -1.05. The number of hydrogen-bond donors (Lipinski definition) is 8. The molecule has 0 radical (unpaired) electrons. The lowest BCUT2D eigenvalue weighted by Crippen LogP contribution is -2.54. The molecular weight excluding hydrogens is 480 g/mol. The Labute approximate surface area is 206 Å². The molecule has 0 aromatic rings. The zero-order chi connectivity index (χ0) is 27.4. The average molecular weight is 513 g/mol. The summed E-state index contributed by atoms with van der Waals surface area (Å²) in [7, 11) is 0. The SMILES string of the molecule is C[C@H]1NC(=O)CNC(=O)[C@@H](C)NC(=O)CNC(=O)[C@@H](C)NC(=O)CNC(=O)[C@@H](C)NC(=O)CNC1=O. The maximum atomic E-state index is 12.1. The van der Waals surface area contributed by atoms with Crippen LogP contribution in [0.25, 0.3) is 0 Å². The van der Waals surface area contributed by atoms with E-state index >= 15 is 0 Å². The fraction of sp³-hybridized carbons (Fsp3) is 0.600. The molecule has 8 N–H and O–H groups in total. The second-order valence-corrected chi connectivity index (χ2v) is 8.03. The van der Waals surface area contributed by atoms with E-state index < -0.39 is 97.6 Å². The van der Waals surface area contributed by atoms with Gasteiger partial charge in [0.1, 0.15) is 24.2 Å². The third kappa shape index (κ3) is 10.8. The first-order valence-corrected chi connectivity index (χ1v) is 11.1. The van der Waals surface area contributed by atoms with Crippen LogP contribution in [0.2, 0.25) is 0 Å². The van der Waals surface area contributed by atoms with Crippen molar-refractivity contribution in [2.24, 2.45) is 0 Å². The van der Waals surface area contributed by atoms with Crippen LogP contribution in [0.1, 0.15) is 27.7 Å². The van der Waals surface area contributed by atoms with Crippen molar-refractivity contribution in [1.82, 2.24) is 42.5 Å². The van der Waals surface area contributed by atoms with Crippen LogP contribution in [0.4, 0.5) is 0 Å². The van der Waals surface area contributed by atoms with Crippen molar-refractivity contribution in [2.45, 2.75) is 51.9 Å². The van der Waals surface area contributed by atoms with Gasteiger partial charge in [0.2, 0.25) is 47.3 Å². The number of hydrogen-bond acceptors (Lipinski definition) is 8. The summed E-state index contributed by atoms with van der Waals surface area (Å²) >= 11 is 0. The summed E-state index contributed by atoms with van der Waals surface area (Å²) in [6.07, 6.45) is 0. The molecule has 1 aliphatic heterocycles. The summed E-state index contributed by atoms with van der Waals surface area (Å²) in [6.45, 7) is 3.48. The molecule has 8 amide bonds. The molecule has 1 saturated heterocycles. The largest absolute Gasteiger partial charge is 0.345 e. The minimum Gasteiger partial charge on any atom is -0.345 e. The van der Waals surface area contributed by atoms with Gasteiger partial charge in [-0.15, -0.1) is 0 Å². The normalized spacial score (nSPS) is 27.0. The fourth-order valence-electron chi connectivity index (χ4n) is 2.71. The number of carbonyl (C=O) groups excluding carboxylic acids is 8. The molecule has 4 atom stereocenters. The number of carbonyl (C=O) groups is 8. The lowest BCUT2D eigenvalue weighted by Gasteiger charge is -2.18. The van der Waals surface area contributed by atoms with Crippen LogP contribution in [0.15, 0.2) is 0 Å². The maximum absolute atomic E-state index is 12.1. The Kier molecular flexibility index (Phi) is 11.8. The molecule has 1 fully saturated rings. The highest BCUT2D eigenvalue weighted by Gasteiger charge is 2.22. The molecule has 0 unspecified atom stereocenters. The molecule has 0 aromatic carbocycles. The van der Waals surface area contributed by atoms with E-state index in [2.05, 4.69) is 42.5 Å². The lowest BCUT2D eigenvalue weighted by atomic mass is 10.2. The highest BCUT2D eigenvalue weighted by Crippen LogP contribution is 1.88. The Morgan fingerprint density at radius 2 is 0.556 bits per heavy atom. The topological polar surface area (TPSA) is 233 Å². The van der Waals surface area contributed by atoms with E-state index in [1.165, 1.54) is 27.7 Å². The fourth-order valence-corrected chi connectivity index (χ4v) is 2.71. The van der Waals surface area contributed by atoms with Gasteiger partial charge in [-0.25, -0.2) is 0 Å². The van der Waals surface area contributed by atoms with Gasteiger partial charge in [0.05, 0.1) is 26.2 Å². The number of nitrogens with one attached hydrogen (secondary N) is 8. The Morgan fingerprint density at radius 3 is 0.722 bits per heavy atom. The van der Waals surface area contributed by atoms with Crippen LogP contribution in [-0.4, -0.2) is 97.6 Å². The van der Waals surface area contributed by atoms with Crippen molar-refractivity contribution in [3.63, 3.8) is 0 Å². The van der Waals surface area contributed by atoms with Gasteiger partial charge in [-0.3, -0.25) is 38.4 Å². The van der Waals surface area contributed by atoms with Gasteiger partial charge in [0.15, 0.2) is 0 Å². The summed E-state index contributed by atoms with van der Waals surface area (Å²) < 4.78 is 0. The molecule has 0 saturated carbocycles. The van der Waals surface area contributed by atoms with Crippen molar-refractivity contribution in [1.29, 1.82) is 0 Å². The van der Waals surface area contributed by atoms with Gasteiger partial charge in [-0.05, 0) is 27.7 Å². The van der Waals surface area contributed by atoms with Gasteiger partial charge in [-0.1, -0.05) is 0 Å². The van der Waals surface area contributed by atoms with Crippen LogP contribution in [-0.2, 0) is 38.4 Å². The highest BCUT2D eigenvalue weighted by atomic mass is 16.2. The van der Waals surface area contributed by atoms with Crippen molar-refractivity contribution < 1.29 is 38.4 Å². The monoisotopic (exact) mass is 512 g/mol. The minimum absolute atomic E-state index is 0.488. The van der Waals surface area contributed by atoms with Gasteiger partial charge in [0.25, 0.3) is 0 Å². The number of amides is 8. The van der Waals surface area contributed by atoms with E-state index in [0.29, 0.717) is 0 Å². The quantitative estimate of drug-likeness (QED) is 0.155. The van der Waals surface area contributed by atoms with Crippen LogP contribution < -0.4 is 42.5 Å². The summed E-state index contributed by atoms with van der Waals surface area (Å²) in [5.41, 5.74) is 0. The van der Waals surface area contributed by atoms with Gasteiger partial charge < -0.3 is 42.5 Å². The smallest absolute Gasteiger partial charge is 0.242 e. The summed E-state index contributed by atoms with van der Waals surface area (Å²) in [5, 5.41) is 18.5. The van der Waals surface area contributed by atoms with Crippen molar-refractivity contribution >= 4 is 47.3 Å². The van der Waals surface area contributed by atoms with Gasteiger partial charge in [-0.2, -0.15) is 0 Å². The molecule has 1 rings (SSSR count). The molecule has 1 aliphatic rings. The lowest BCUT2D eigenvalue weighted by molar-refractivity contribution is -0.133. The predicted molar refractivity (Wildman–Crippen MR) is 122 cm³/mol. The predicted octanol–water partition coefficient (Wildman–Crippen LogP) is -5.52. The molecule has 0 bridgehead atoms. The van der Waals surface area contributed by atoms with Crippen LogP contribution in [0, 0.1) is 0 Å². The Balaban J connectivity index is 2.85. The van der Waals surface area contributed by atoms with E-state index in [1.807, 2.05) is 0 Å². The first-order valence-electron chi connectivity index (χ1n) is 11.1. The standard InChI is InChI=1S/C20H32N8O8/c1-9-17(33)21-6-14(30)26-11(3)19(35)23-8-16(32)28-12(4)20(36)24-7-15(31)27-10(2)18(34)22-5-13(29)25-9/h9-12H,5-8H2,1-4H3,(H,21,33)(H,22,34)(H,23,35)(H,24,36)(H,25,29)(H,26,30)(H,27,31)(H,28,32)/t9-,10-,11-,12-/m1/s1. The van der Waals surface area contributed by atoms with Crippen molar-refractivity contribution in [2.75, 3.05) is 26.2 Å². The maximum Gasteiger partial charge on any atom is 0.242 e. The first-order chi connectivity index (χ1) is 16.8. The highest BCUT2D eigenvalue weighted by molar-refractivity contribution is 5.96. The average Bonchev–Trinajstić information content (AvgIpc) is 2.81. The molecule has 0 spiro atoms. The van der Waals surface area contributed by atoms with Crippen LogP contribution >= 0.6 is 0 Å². The molecule has 1 heterocycles. The van der Waals surface area contributed by atoms with Crippen molar-refractivity contribution in [3.8, 4) is 0 Å². The van der Waals surface area contributed by atoms with Crippen LogP contribution in [0.3, 0.4) is 0 Å². The molecule has 200 valence electrons. The molecule has 36 heavy (non-hydrogen) atoms.